The second-order valence-electron chi connectivity index (χ2n) is 15.5. The molecule has 60 heavy (non-hydrogen) atoms. The quantitative estimate of drug-likeness (QED) is 0.137. The minimum atomic E-state index is 0.846. The first kappa shape index (κ1) is 35.5. The number of aryl methyl sites for hydroxylation is 1. The van der Waals surface area contributed by atoms with Crippen molar-refractivity contribution in [1.82, 2.24) is 18.7 Å². The number of allylic oxidation sites excluding steroid dienone is 3. The van der Waals surface area contributed by atoms with Gasteiger partial charge in [-0.2, -0.15) is 0 Å². The lowest BCUT2D eigenvalue weighted by atomic mass is 10.0. The first-order valence-corrected chi connectivity index (χ1v) is 20.7. The lowest BCUT2D eigenvalue weighted by Crippen LogP contribution is -2.03. The number of fused-ring (bicyclic) bond motifs is 8. The highest BCUT2D eigenvalue weighted by Crippen LogP contribution is 2.40. The molecule has 0 aliphatic heterocycles. The van der Waals surface area contributed by atoms with E-state index in [9.17, 15) is 0 Å². The lowest BCUT2D eigenvalue weighted by molar-refractivity contribution is 0.669. The predicted octanol–water partition coefficient (Wildman–Crippen LogP) is 14.8. The largest absolute Gasteiger partial charge is 0.456 e. The Hall–Kier alpha value is -7.63. The van der Waals surface area contributed by atoms with Crippen molar-refractivity contribution in [1.29, 1.82) is 0 Å². The van der Waals surface area contributed by atoms with Gasteiger partial charge in [-0.25, -0.2) is 0 Å². The molecule has 0 bridgehead atoms. The molecular formula is C55H42N4O. The summed E-state index contributed by atoms with van der Waals surface area (Å²) in [5.74, 6) is 0. The summed E-state index contributed by atoms with van der Waals surface area (Å²) in [6.07, 6.45) is 16.3. The molecule has 11 rings (SSSR count). The van der Waals surface area contributed by atoms with Crippen LogP contribution in [0.4, 0.5) is 0 Å². The smallest absolute Gasteiger partial charge is 0.135 e. The van der Waals surface area contributed by atoms with Crippen molar-refractivity contribution in [2.75, 3.05) is 0 Å². The van der Waals surface area contributed by atoms with E-state index in [2.05, 4.69) is 196 Å². The first-order chi connectivity index (χ1) is 29.6. The van der Waals surface area contributed by atoms with Crippen LogP contribution in [0.25, 0.3) is 106 Å². The molecular weight excluding hydrogens is 733 g/mol. The molecule has 0 aliphatic carbocycles. The van der Waals surface area contributed by atoms with Gasteiger partial charge in [-0.15, -0.1) is 0 Å². The van der Waals surface area contributed by atoms with Crippen LogP contribution in [0.1, 0.15) is 37.2 Å². The number of para-hydroxylation sites is 3. The van der Waals surface area contributed by atoms with E-state index in [4.69, 9.17) is 4.42 Å². The molecule has 5 heterocycles. The second kappa shape index (κ2) is 14.3. The number of pyridine rings is 1. The minimum Gasteiger partial charge on any atom is -0.456 e. The Balaban J connectivity index is 1.15. The average molecular weight is 775 g/mol. The molecule has 0 fully saturated rings. The van der Waals surface area contributed by atoms with Gasteiger partial charge in [0.1, 0.15) is 11.2 Å². The van der Waals surface area contributed by atoms with Crippen LogP contribution in [0, 0.1) is 0 Å². The molecule has 0 amide bonds. The highest BCUT2D eigenvalue weighted by atomic mass is 16.3. The second-order valence-corrected chi connectivity index (χ2v) is 15.5. The van der Waals surface area contributed by atoms with E-state index in [1.165, 1.54) is 38.4 Å². The van der Waals surface area contributed by atoms with Crippen LogP contribution in [0.3, 0.4) is 0 Å². The number of hydrogen-bond acceptors (Lipinski definition) is 2. The summed E-state index contributed by atoms with van der Waals surface area (Å²) in [6.45, 7) is 8.37. The molecule has 5 nitrogen and oxygen atoms in total. The van der Waals surface area contributed by atoms with Gasteiger partial charge in [-0.3, -0.25) is 4.98 Å². The Kier molecular flexibility index (Phi) is 8.48. The van der Waals surface area contributed by atoms with Gasteiger partial charge in [0.05, 0.1) is 34.0 Å². The molecule has 6 aromatic carbocycles. The molecule has 0 atom stereocenters. The van der Waals surface area contributed by atoms with Gasteiger partial charge in [-0.1, -0.05) is 91.5 Å². The number of hydrogen-bond donors (Lipinski definition) is 0. The number of furan rings is 1. The van der Waals surface area contributed by atoms with E-state index in [-0.39, 0.29) is 0 Å². The van der Waals surface area contributed by atoms with Crippen LogP contribution in [-0.4, -0.2) is 18.7 Å². The lowest BCUT2D eigenvalue weighted by Gasteiger charge is -2.17. The van der Waals surface area contributed by atoms with Crippen molar-refractivity contribution in [3.05, 3.63) is 194 Å². The van der Waals surface area contributed by atoms with Crippen LogP contribution in [0.5, 0.6) is 0 Å². The van der Waals surface area contributed by atoms with E-state index < -0.39 is 0 Å². The molecule has 5 aromatic heterocycles. The van der Waals surface area contributed by atoms with Crippen molar-refractivity contribution in [2.45, 2.75) is 26.7 Å². The standard InChI is InChI=1S/C55H42N4O/c1-4-7-8-17-39-29-37-16-9-12-20-50(37)57(39)41-30-38(31-42(33-41)59-51-21-13-10-18-44(51)45-19-11-14-22-52(45)59)36-23-25-54-47(32-36)48-34-40(24-26-55(48)60-54)58-49(6-3)43(15-5-2)46-27-28-56-35-53(46)58/h4-7,9-16,18-35H,3,8,17H2,1-2H3/b7-4-,15-5-. The summed E-state index contributed by atoms with van der Waals surface area (Å²) in [6, 6.07) is 50.8. The van der Waals surface area contributed by atoms with Crippen LogP contribution in [0.15, 0.2) is 181 Å². The van der Waals surface area contributed by atoms with E-state index in [1.807, 2.05) is 25.4 Å². The van der Waals surface area contributed by atoms with Crippen molar-refractivity contribution >= 4 is 77.7 Å². The highest BCUT2D eigenvalue weighted by molar-refractivity contribution is 6.10. The third kappa shape index (κ3) is 5.58. The van der Waals surface area contributed by atoms with Crippen LogP contribution in [0.2, 0.25) is 0 Å². The summed E-state index contributed by atoms with van der Waals surface area (Å²) in [7, 11) is 0. The van der Waals surface area contributed by atoms with E-state index in [0.29, 0.717) is 0 Å². The predicted molar refractivity (Wildman–Crippen MR) is 253 cm³/mol. The van der Waals surface area contributed by atoms with E-state index >= 15 is 0 Å². The number of nitrogens with zero attached hydrogens (tertiary/aromatic N) is 4. The monoisotopic (exact) mass is 774 g/mol. The third-order valence-electron chi connectivity index (χ3n) is 12.0. The number of aromatic nitrogens is 4. The molecule has 0 spiro atoms. The maximum absolute atomic E-state index is 6.53. The zero-order valence-corrected chi connectivity index (χ0v) is 33.6. The fourth-order valence-corrected chi connectivity index (χ4v) is 9.41. The minimum absolute atomic E-state index is 0.846. The van der Waals surface area contributed by atoms with E-state index in [1.54, 1.807) is 0 Å². The van der Waals surface area contributed by atoms with Gasteiger partial charge >= 0.3 is 0 Å². The van der Waals surface area contributed by atoms with Crippen molar-refractivity contribution in [3.63, 3.8) is 0 Å². The van der Waals surface area contributed by atoms with Gasteiger partial charge in [0.2, 0.25) is 0 Å². The Morgan fingerprint density at radius 2 is 1.27 bits per heavy atom. The average Bonchev–Trinajstić information content (AvgIpc) is 4.03. The first-order valence-electron chi connectivity index (χ1n) is 20.7. The fourth-order valence-electron chi connectivity index (χ4n) is 9.41. The van der Waals surface area contributed by atoms with Crippen LogP contribution < -0.4 is 0 Å². The summed E-state index contributed by atoms with van der Waals surface area (Å²) >= 11 is 0. The Labute approximate surface area is 348 Å². The summed E-state index contributed by atoms with van der Waals surface area (Å²) in [5, 5.41) is 6.97. The molecule has 288 valence electrons. The van der Waals surface area contributed by atoms with Crippen LogP contribution >= 0.6 is 0 Å². The molecule has 0 saturated heterocycles. The maximum atomic E-state index is 6.53. The molecule has 5 heteroatoms. The highest BCUT2D eigenvalue weighted by Gasteiger charge is 2.20. The van der Waals surface area contributed by atoms with Gasteiger partial charge in [0, 0.05) is 66.8 Å². The topological polar surface area (TPSA) is 40.8 Å². The molecule has 0 unspecified atom stereocenters. The molecule has 0 saturated carbocycles. The summed E-state index contributed by atoms with van der Waals surface area (Å²) in [4.78, 5) is 4.52. The van der Waals surface area contributed by atoms with Gasteiger partial charge in [0.25, 0.3) is 0 Å². The Morgan fingerprint density at radius 3 is 2.02 bits per heavy atom. The van der Waals surface area contributed by atoms with Crippen LogP contribution in [-0.2, 0) is 6.42 Å². The molecule has 0 radical (unpaired) electrons. The third-order valence-corrected chi connectivity index (χ3v) is 12.0. The van der Waals surface area contributed by atoms with Gasteiger partial charge in [-0.05, 0) is 123 Å². The van der Waals surface area contributed by atoms with Gasteiger partial charge < -0.3 is 18.1 Å². The van der Waals surface area contributed by atoms with E-state index in [0.717, 1.165) is 85.1 Å². The number of rotatable bonds is 9. The van der Waals surface area contributed by atoms with Gasteiger partial charge in [0.15, 0.2) is 0 Å². The zero-order chi connectivity index (χ0) is 40.3. The van der Waals surface area contributed by atoms with Crippen molar-refractivity contribution < 1.29 is 4.42 Å². The molecule has 0 N–H and O–H groups in total. The Morgan fingerprint density at radius 1 is 0.567 bits per heavy atom. The van der Waals surface area contributed by atoms with Crippen molar-refractivity contribution in [3.8, 4) is 28.2 Å². The fraction of sp³-hybridized carbons (Fsp3) is 0.0727. The zero-order valence-electron chi connectivity index (χ0n) is 33.6. The Bertz CT molecular complexity index is 3490. The number of benzene rings is 6. The summed E-state index contributed by atoms with van der Waals surface area (Å²) in [5.41, 5.74) is 15.2. The SMILES string of the molecule is C=Cc1c(/C=C\C)c2ccncc2n1-c1ccc2oc3ccc(-c4cc(-n5c(CC/C=C\C)cc6ccccc65)cc(-n5c6ccccc6c6ccccc65)c4)cc3c2c1. The molecule has 11 aromatic rings. The maximum Gasteiger partial charge on any atom is 0.135 e. The normalized spacial score (nSPS) is 12.2. The van der Waals surface area contributed by atoms with Crippen molar-refractivity contribution in [2.24, 2.45) is 0 Å². The summed E-state index contributed by atoms with van der Waals surface area (Å²) < 4.78 is 13.7. The molecule has 0 aliphatic rings.